The molecule has 0 spiro atoms. The van der Waals surface area contributed by atoms with E-state index in [1.807, 2.05) is 78.9 Å². The Bertz CT molecular complexity index is 2620. The number of aromatic nitrogens is 4. The van der Waals surface area contributed by atoms with E-state index in [2.05, 4.69) is 16.5 Å². The van der Waals surface area contributed by atoms with E-state index in [9.17, 15) is 24.3 Å². The quantitative estimate of drug-likeness (QED) is 0.0630. The molecule has 5 aromatic rings. The van der Waals surface area contributed by atoms with E-state index in [-0.39, 0.29) is 43.8 Å². The zero-order valence-electron chi connectivity index (χ0n) is 35.0. The molecule has 2 aromatic heterocycles. The van der Waals surface area contributed by atoms with Gasteiger partial charge in [0.25, 0.3) is 11.1 Å². The number of aliphatic hydroxyl groups is 1. The number of nitrogens with one attached hydrogen (secondary N) is 2. The Balaban J connectivity index is 1.23. The van der Waals surface area contributed by atoms with Crippen molar-refractivity contribution in [3.63, 3.8) is 0 Å². The maximum atomic E-state index is 13.2. The number of methoxy groups -OCH3 is 2. The molecule has 0 bridgehead atoms. The van der Waals surface area contributed by atoms with Crippen LogP contribution in [0.5, 0.6) is 11.5 Å². The summed E-state index contributed by atoms with van der Waals surface area (Å²) in [4.78, 5) is 54.8. The average molecular weight is 905 g/mol. The van der Waals surface area contributed by atoms with E-state index in [4.69, 9.17) is 49.1 Å². The number of aryl methyl sites for hydroxylation is 2. The van der Waals surface area contributed by atoms with Crippen molar-refractivity contribution in [2.24, 2.45) is 0 Å². The summed E-state index contributed by atoms with van der Waals surface area (Å²) < 4.78 is 52.2. The zero-order chi connectivity index (χ0) is 44.9. The number of nitrogens with zero attached hydrogens (tertiary/aromatic N) is 2. The summed E-state index contributed by atoms with van der Waals surface area (Å²) in [6.45, 7) is 2.60. The fourth-order valence-electron chi connectivity index (χ4n) is 7.62. The first kappa shape index (κ1) is 45.7. The largest absolute Gasteiger partial charge is 0.497 e. The molecule has 2 saturated heterocycles. The SMILES string of the molecule is C=CCOP(=S)(OC[C@H]1O[C@@H](n2cc(C)c(=O)[nH]c2=O)C[C@@H]1O)O[C@H]1C[C@H](n2cc(C)c(=O)[nH]c2=O)O[C@@H]1COC(c1ccccc1)(c1ccc(OC)cc1)c1ccc(OC)cc1. The Morgan fingerprint density at radius 2 is 1.27 bits per heavy atom. The number of hydrogen-bond acceptors (Lipinski definition) is 14. The lowest BCUT2D eigenvalue weighted by atomic mass is 9.80. The van der Waals surface area contributed by atoms with Crippen molar-refractivity contribution in [1.82, 2.24) is 19.1 Å². The molecular formula is C44H49N4O13PS. The molecule has 0 saturated carbocycles. The summed E-state index contributed by atoms with van der Waals surface area (Å²) in [7, 11) is 3.18. The highest BCUT2D eigenvalue weighted by molar-refractivity contribution is 8.07. The van der Waals surface area contributed by atoms with Gasteiger partial charge in [0.2, 0.25) is 0 Å². The van der Waals surface area contributed by atoms with Crippen molar-refractivity contribution in [1.29, 1.82) is 0 Å². The Hall–Kier alpha value is -5.27. The van der Waals surface area contributed by atoms with E-state index < -0.39 is 71.7 Å². The second-order valence-corrected chi connectivity index (χ2v) is 18.0. The van der Waals surface area contributed by atoms with Crippen molar-refractivity contribution >= 4 is 18.5 Å². The number of hydrogen-bond donors (Lipinski definition) is 3. The summed E-state index contributed by atoms with van der Waals surface area (Å²) in [6, 6.07) is 24.7. The molecule has 2 fully saturated rings. The normalized spacial score (nSPS) is 22.1. The molecule has 1 unspecified atom stereocenters. The average Bonchev–Trinajstić information content (AvgIpc) is 3.87. The van der Waals surface area contributed by atoms with Crippen LogP contribution in [0.4, 0.5) is 0 Å². The Morgan fingerprint density at radius 1 is 0.762 bits per heavy atom. The van der Waals surface area contributed by atoms with Crippen molar-refractivity contribution in [3.05, 3.63) is 173 Å². The molecule has 0 aliphatic carbocycles. The molecule has 3 aromatic carbocycles. The number of rotatable bonds is 18. The maximum Gasteiger partial charge on any atom is 0.330 e. The minimum atomic E-state index is -3.77. The summed E-state index contributed by atoms with van der Waals surface area (Å²) >= 11 is 5.99. The van der Waals surface area contributed by atoms with Gasteiger partial charge in [-0.2, -0.15) is 0 Å². The second-order valence-electron chi connectivity index (χ2n) is 15.0. The number of ether oxygens (including phenoxy) is 5. The van der Waals surface area contributed by atoms with Crippen LogP contribution in [0, 0.1) is 13.8 Å². The van der Waals surface area contributed by atoms with Crippen molar-refractivity contribution < 1.29 is 42.4 Å². The van der Waals surface area contributed by atoms with Crippen LogP contribution in [0.1, 0.15) is 53.1 Å². The molecule has 17 nitrogen and oxygen atoms in total. The van der Waals surface area contributed by atoms with Gasteiger partial charge in [0.05, 0.1) is 46.2 Å². The minimum Gasteiger partial charge on any atom is -0.497 e. The summed E-state index contributed by atoms with van der Waals surface area (Å²) in [5.74, 6) is 1.29. The van der Waals surface area contributed by atoms with Gasteiger partial charge < -0.3 is 42.4 Å². The molecule has 3 N–H and O–H groups in total. The third-order valence-corrected chi connectivity index (χ3v) is 13.3. The van der Waals surface area contributed by atoms with E-state index in [0.29, 0.717) is 11.5 Å². The van der Waals surface area contributed by atoms with Gasteiger partial charge >= 0.3 is 18.1 Å². The zero-order valence-corrected chi connectivity index (χ0v) is 36.8. The Labute approximate surface area is 367 Å². The van der Waals surface area contributed by atoms with Crippen LogP contribution in [-0.2, 0) is 45.2 Å². The van der Waals surface area contributed by atoms with E-state index >= 15 is 0 Å². The Kier molecular flexibility index (Phi) is 14.3. The predicted molar refractivity (Wildman–Crippen MR) is 235 cm³/mol. The third kappa shape index (κ3) is 9.94. The summed E-state index contributed by atoms with van der Waals surface area (Å²) in [5.41, 5.74) is -0.820. The molecule has 63 heavy (non-hydrogen) atoms. The molecule has 7 rings (SSSR count). The molecule has 2 aliphatic heterocycles. The van der Waals surface area contributed by atoms with E-state index in [1.165, 1.54) is 27.6 Å². The van der Waals surface area contributed by atoms with Gasteiger partial charge in [0.1, 0.15) is 41.8 Å². The van der Waals surface area contributed by atoms with Gasteiger partial charge in [0, 0.05) is 36.4 Å². The van der Waals surface area contributed by atoms with Crippen LogP contribution in [0.15, 0.2) is 123 Å². The lowest BCUT2D eigenvalue weighted by Gasteiger charge is -2.37. The summed E-state index contributed by atoms with van der Waals surface area (Å²) in [5, 5.41) is 11.0. The number of aliphatic hydroxyl groups excluding tert-OH is 1. The Morgan fingerprint density at radius 3 is 1.79 bits per heavy atom. The van der Waals surface area contributed by atoms with Gasteiger partial charge in [-0.25, -0.2) is 9.59 Å². The fourth-order valence-corrected chi connectivity index (χ4v) is 9.69. The number of benzene rings is 3. The molecule has 0 amide bonds. The van der Waals surface area contributed by atoms with Crippen LogP contribution in [0.25, 0.3) is 0 Å². The van der Waals surface area contributed by atoms with Gasteiger partial charge in [-0.05, 0) is 66.6 Å². The van der Waals surface area contributed by atoms with Gasteiger partial charge in [0.15, 0.2) is 0 Å². The highest BCUT2D eigenvalue weighted by atomic mass is 32.5. The second kappa shape index (κ2) is 19.6. The minimum absolute atomic E-state index is 0.0209. The number of aromatic amines is 2. The molecule has 19 heteroatoms. The van der Waals surface area contributed by atoms with Gasteiger partial charge in [-0.1, -0.05) is 60.7 Å². The standard InChI is InChI=1S/C44H49N4O13PS/c1-6-20-57-62(63,58-26-36-34(49)21-38(59-36)47-23-27(2)40(50)45-42(47)52)61-35-22-39(48-24-28(3)41(51)46-43(48)53)60-37(35)25-56-44(29-10-8-7-9-11-29,30-12-16-32(54-4)17-13-30)31-14-18-33(55-5)19-15-31/h6-19,23-24,34-39,49H,1,20-22,25-26H2,2-5H3,(H,45,50,52)(H,46,51,53)/t34-,35-,36+,37+,38+,39+,62?/m0/s1. The fraction of sp³-hybridized carbons (Fsp3) is 0.364. The van der Waals surface area contributed by atoms with E-state index in [1.54, 1.807) is 28.1 Å². The molecule has 7 atom stereocenters. The number of H-pyrrole nitrogens is 2. The highest BCUT2D eigenvalue weighted by Crippen LogP contribution is 2.54. The van der Waals surface area contributed by atoms with Crippen molar-refractivity contribution in [3.8, 4) is 11.5 Å². The monoisotopic (exact) mass is 904 g/mol. The first-order valence-electron chi connectivity index (χ1n) is 20.1. The summed E-state index contributed by atoms with van der Waals surface area (Å²) in [6.07, 6.45) is -1.46. The molecule has 334 valence electrons. The topological polar surface area (TPSA) is 204 Å². The van der Waals surface area contributed by atoms with Crippen molar-refractivity contribution in [2.45, 2.75) is 69.2 Å². The molecule has 0 radical (unpaired) electrons. The maximum absolute atomic E-state index is 13.2. The van der Waals surface area contributed by atoms with Crippen LogP contribution in [-0.4, -0.2) is 82.7 Å². The smallest absolute Gasteiger partial charge is 0.330 e. The van der Waals surface area contributed by atoms with Crippen LogP contribution in [0.2, 0.25) is 0 Å². The van der Waals surface area contributed by atoms with Crippen molar-refractivity contribution in [2.75, 3.05) is 34.0 Å². The lowest BCUT2D eigenvalue weighted by Crippen LogP contribution is -2.38. The first-order chi connectivity index (χ1) is 30.3. The predicted octanol–water partition coefficient (Wildman–Crippen LogP) is 4.49. The third-order valence-electron chi connectivity index (χ3n) is 10.9. The molecule has 2 aliphatic rings. The molecule has 4 heterocycles. The van der Waals surface area contributed by atoms with E-state index in [0.717, 1.165) is 16.7 Å². The lowest BCUT2D eigenvalue weighted by molar-refractivity contribution is -0.0941. The van der Waals surface area contributed by atoms with Gasteiger partial charge in [-0.15, -0.1) is 6.58 Å². The van der Waals surface area contributed by atoms with Crippen LogP contribution >= 0.6 is 6.72 Å². The van der Waals surface area contributed by atoms with Gasteiger partial charge in [-0.3, -0.25) is 28.7 Å². The first-order valence-corrected chi connectivity index (χ1v) is 22.6. The van der Waals surface area contributed by atoms with Crippen LogP contribution in [0.3, 0.4) is 0 Å². The highest BCUT2D eigenvalue weighted by Gasteiger charge is 2.46. The molecular weight excluding hydrogens is 856 g/mol. The van der Waals surface area contributed by atoms with Crippen LogP contribution < -0.4 is 32.0 Å².